The maximum atomic E-state index is 5.41. The molecule has 1 aliphatic rings. The molecule has 0 aliphatic carbocycles. The van der Waals surface area contributed by atoms with Crippen LogP contribution in [-0.4, -0.2) is 42.3 Å². The van der Waals surface area contributed by atoms with Crippen molar-refractivity contribution < 1.29 is 4.74 Å². The molecule has 0 N–H and O–H groups in total. The largest absolute Gasteiger partial charge is 0.379 e. The zero-order chi connectivity index (χ0) is 16.9. The standard InChI is InChI=1S/C22H26N2O/c1-2-5-20(6-3-1)18-24-12-10-21-17-19(8-9-22(21)24)7-4-11-23-13-15-25-16-14-23/h1-3,5-6,8-10,12,17H,4,7,11,13-16,18H2. The zero-order valence-corrected chi connectivity index (χ0v) is 14.7. The Bertz CT molecular complexity index is 803. The van der Waals surface area contributed by atoms with Crippen LogP contribution >= 0.6 is 0 Å². The average molecular weight is 334 g/mol. The third kappa shape index (κ3) is 4.12. The topological polar surface area (TPSA) is 17.4 Å². The Morgan fingerprint density at radius 1 is 0.880 bits per heavy atom. The smallest absolute Gasteiger partial charge is 0.0594 e. The summed E-state index contributed by atoms with van der Waals surface area (Å²) < 4.78 is 7.75. The van der Waals surface area contributed by atoms with Crippen molar-refractivity contribution in [1.29, 1.82) is 0 Å². The lowest BCUT2D eigenvalue weighted by atomic mass is 10.1. The quantitative estimate of drug-likeness (QED) is 0.679. The van der Waals surface area contributed by atoms with Crippen LogP contribution in [0.25, 0.3) is 10.9 Å². The van der Waals surface area contributed by atoms with Gasteiger partial charge in [-0.05, 0) is 54.1 Å². The van der Waals surface area contributed by atoms with E-state index in [4.69, 9.17) is 4.74 Å². The molecule has 1 aliphatic heterocycles. The minimum absolute atomic E-state index is 0.890. The van der Waals surface area contributed by atoms with E-state index in [-0.39, 0.29) is 0 Å². The molecule has 25 heavy (non-hydrogen) atoms. The second-order valence-corrected chi connectivity index (χ2v) is 6.88. The number of morpholine rings is 1. The van der Waals surface area contributed by atoms with Crippen LogP contribution in [0.3, 0.4) is 0 Å². The Morgan fingerprint density at radius 3 is 2.56 bits per heavy atom. The van der Waals surface area contributed by atoms with Crippen molar-refractivity contribution in [3.8, 4) is 0 Å². The van der Waals surface area contributed by atoms with Gasteiger partial charge >= 0.3 is 0 Å². The number of fused-ring (bicyclic) bond motifs is 1. The molecular weight excluding hydrogens is 308 g/mol. The molecular formula is C22H26N2O. The summed E-state index contributed by atoms with van der Waals surface area (Å²) in [5, 5.41) is 1.35. The van der Waals surface area contributed by atoms with E-state index in [9.17, 15) is 0 Å². The van der Waals surface area contributed by atoms with Gasteiger partial charge in [0.25, 0.3) is 0 Å². The molecule has 0 bridgehead atoms. The second-order valence-electron chi connectivity index (χ2n) is 6.88. The minimum Gasteiger partial charge on any atom is -0.379 e. The van der Waals surface area contributed by atoms with E-state index in [2.05, 4.69) is 70.3 Å². The number of nitrogens with zero attached hydrogens (tertiary/aromatic N) is 2. The summed E-state index contributed by atoms with van der Waals surface area (Å²) in [6, 6.07) is 19.8. The highest BCUT2D eigenvalue weighted by molar-refractivity contribution is 5.81. The van der Waals surface area contributed by atoms with E-state index in [0.29, 0.717) is 0 Å². The first-order valence-electron chi connectivity index (χ1n) is 9.30. The Labute approximate surface area is 149 Å². The van der Waals surface area contributed by atoms with Crippen molar-refractivity contribution >= 4 is 10.9 Å². The van der Waals surface area contributed by atoms with Crippen LogP contribution in [0.2, 0.25) is 0 Å². The molecule has 130 valence electrons. The molecule has 0 atom stereocenters. The van der Waals surface area contributed by atoms with Gasteiger partial charge in [-0.3, -0.25) is 4.90 Å². The Balaban J connectivity index is 1.39. The molecule has 0 unspecified atom stereocenters. The van der Waals surface area contributed by atoms with Crippen LogP contribution in [0.15, 0.2) is 60.8 Å². The predicted octanol–water partition coefficient (Wildman–Crippen LogP) is 3.95. The van der Waals surface area contributed by atoms with Crippen LogP contribution < -0.4 is 0 Å². The lowest BCUT2D eigenvalue weighted by Gasteiger charge is -2.26. The highest BCUT2D eigenvalue weighted by Crippen LogP contribution is 2.20. The average Bonchev–Trinajstić information content (AvgIpc) is 3.06. The maximum Gasteiger partial charge on any atom is 0.0594 e. The Hall–Kier alpha value is -2.10. The van der Waals surface area contributed by atoms with E-state index >= 15 is 0 Å². The number of aromatic nitrogens is 1. The van der Waals surface area contributed by atoms with Crippen molar-refractivity contribution in [2.45, 2.75) is 19.4 Å². The molecule has 0 amide bonds. The highest BCUT2D eigenvalue weighted by Gasteiger charge is 2.09. The van der Waals surface area contributed by atoms with Crippen molar-refractivity contribution in [1.82, 2.24) is 9.47 Å². The third-order valence-corrected chi connectivity index (χ3v) is 5.07. The summed E-state index contributed by atoms with van der Waals surface area (Å²) in [6.45, 7) is 6.06. The molecule has 2 aromatic carbocycles. The number of ether oxygens (including phenoxy) is 1. The maximum absolute atomic E-state index is 5.41. The minimum atomic E-state index is 0.890. The summed E-state index contributed by atoms with van der Waals surface area (Å²) in [6.07, 6.45) is 4.57. The molecule has 1 aromatic heterocycles. The molecule has 0 radical (unpaired) electrons. The monoisotopic (exact) mass is 334 g/mol. The van der Waals surface area contributed by atoms with Crippen molar-refractivity contribution in [3.05, 3.63) is 71.9 Å². The van der Waals surface area contributed by atoms with E-state index in [1.165, 1.54) is 35.0 Å². The van der Waals surface area contributed by atoms with Gasteiger partial charge in [0.2, 0.25) is 0 Å². The van der Waals surface area contributed by atoms with Crippen molar-refractivity contribution in [2.75, 3.05) is 32.8 Å². The lowest BCUT2D eigenvalue weighted by Crippen LogP contribution is -2.36. The number of rotatable bonds is 6. The predicted molar refractivity (Wildman–Crippen MR) is 103 cm³/mol. The molecule has 3 heteroatoms. The van der Waals surface area contributed by atoms with Crippen LogP contribution in [0.4, 0.5) is 0 Å². The number of aryl methyl sites for hydroxylation is 1. The van der Waals surface area contributed by atoms with Gasteiger partial charge in [-0.15, -0.1) is 0 Å². The fourth-order valence-corrected chi connectivity index (χ4v) is 3.65. The van der Waals surface area contributed by atoms with Gasteiger partial charge in [0.05, 0.1) is 13.2 Å². The lowest BCUT2D eigenvalue weighted by molar-refractivity contribution is 0.0375. The van der Waals surface area contributed by atoms with E-state index < -0.39 is 0 Å². The molecule has 3 aromatic rings. The molecule has 0 spiro atoms. The van der Waals surface area contributed by atoms with Gasteiger partial charge in [0.15, 0.2) is 0 Å². The van der Waals surface area contributed by atoms with Crippen molar-refractivity contribution in [2.24, 2.45) is 0 Å². The number of benzene rings is 2. The van der Waals surface area contributed by atoms with E-state index in [1.54, 1.807) is 0 Å². The summed E-state index contributed by atoms with van der Waals surface area (Å²) >= 11 is 0. The van der Waals surface area contributed by atoms with Gasteiger partial charge in [-0.25, -0.2) is 0 Å². The SMILES string of the molecule is c1ccc(Cn2ccc3cc(CCCN4CCOCC4)ccc32)cc1. The van der Waals surface area contributed by atoms with Crippen LogP contribution in [0, 0.1) is 0 Å². The fourth-order valence-electron chi connectivity index (χ4n) is 3.65. The second kappa shape index (κ2) is 7.85. The fraction of sp³-hybridized carbons (Fsp3) is 0.364. The highest BCUT2D eigenvalue weighted by atomic mass is 16.5. The van der Waals surface area contributed by atoms with Gasteiger partial charge in [0, 0.05) is 31.3 Å². The van der Waals surface area contributed by atoms with Crippen molar-refractivity contribution in [3.63, 3.8) is 0 Å². The first-order valence-corrected chi connectivity index (χ1v) is 9.30. The van der Waals surface area contributed by atoms with E-state index in [1.807, 2.05) is 0 Å². The molecule has 1 fully saturated rings. The van der Waals surface area contributed by atoms with E-state index in [0.717, 1.165) is 39.3 Å². The first kappa shape index (κ1) is 16.4. The Kier molecular flexibility index (Phi) is 5.14. The van der Waals surface area contributed by atoms with Crippen LogP contribution in [0.1, 0.15) is 17.5 Å². The Morgan fingerprint density at radius 2 is 1.72 bits per heavy atom. The molecule has 1 saturated heterocycles. The number of hydrogen-bond donors (Lipinski definition) is 0. The summed E-state index contributed by atoms with van der Waals surface area (Å²) in [4.78, 5) is 2.51. The normalized spacial score (nSPS) is 15.7. The molecule has 2 heterocycles. The van der Waals surface area contributed by atoms with Gasteiger partial charge < -0.3 is 9.30 Å². The molecule has 0 saturated carbocycles. The van der Waals surface area contributed by atoms with Crippen LogP contribution in [0.5, 0.6) is 0 Å². The van der Waals surface area contributed by atoms with Crippen LogP contribution in [-0.2, 0) is 17.7 Å². The van der Waals surface area contributed by atoms with Gasteiger partial charge in [-0.2, -0.15) is 0 Å². The third-order valence-electron chi connectivity index (χ3n) is 5.07. The molecule has 3 nitrogen and oxygen atoms in total. The van der Waals surface area contributed by atoms with Gasteiger partial charge in [0.1, 0.15) is 0 Å². The first-order chi connectivity index (χ1) is 12.4. The molecule has 4 rings (SSSR count). The zero-order valence-electron chi connectivity index (χ0n) is 14.7. The summed E-state index contributed by atoms with van der Waals surface area (Å²) in [7, 11) is 0. The van der Waals surface area contributed by atoms with Gasteiger partial charge in [-0.1, -0.05) is 36.4 Å². The number of hydrogen-bond acceptors (Lipinski definition) is 2. The summed E-state index contributed by atoms with van der Waals surface area (Å²) in [5.74, 6) is 0. The summed E-state index contributed by atoms with van der Waals surface area (Å²) in [5.41, 5.74) is 4.11.